The predicted molar refractivity (Wildman–Crippen MR) is 121 cm³/mol. The number of ether oxygens (including phenoxy) is 1. The Morgan fingerprint density at radius 2 is 1.79 bits per heavy atom. The van der Waals surface area contributed by atoms with E-state index in [1.165, 1.54) is 28.6 Å². The zero-order valence-electron chi connectivity index (χ0n) is 18.2. The van der Waals surface area contributed by atoms with Crippen LogP contribution in [-0.4, -0.2) is 48.9 Å². The number of carbonyl (C=O) groups is 2. The van der Waals surface area contributed by atoms with Crippen LogP contribution in [0.3, 0.4) is 0 Å². The second-order valence-corrected chi connectivity index (χ2v) is 10.5. The van der Waals surface area contributed by atoms with Crippen molar-refractivity contribution in [2.24, 2.45) is 4.99 Å². The van der Waals surface area contributed by atoms with Crippen LogP contribution in [0.25, 0.3) is 10.2 Å². The van der Waals surface area contributed by atoms with Crippen LogP contribution in [0.1, 0.15) is 30.1 Å². The molecule has 1 aromatic heterocycles. The van der Waals surface area contributed by atoms with Gasteiger partial charge in [-0.05, 0) is 50.1 Å². The van der Waals surface area contributed by atoms with E-state index in [0.717, 1.165) is 34.8 Å². The van der Waals surface area contributed by atoms with Crippen molar-refractivity contribution in [2.75, 3.05) is 19.7 Å². The molecule has 1 aliphatic heterocycles. The lowest BCUT2D eigenvalue weighted by Gasteiger charge is -2.15. The van der Waals surface area contributed by atoms with Crippen molar-refractivity contribution in [3.63, 3.8) is 0 Å². The Bertz CT molecular complexity index is 1420. The Hall–Kier alpha value is -2.96. The van der Waals surface area contributed by atoms with Crippen LogP contribution in [0, 0.1) is 11.6 Å². The smallest absolute Gasteiger partial charge is 0.326 e. The maximum atomic E-state index is 14.5. The lowest BCUT2D eigenvalue weighted by molar-refractivity contribution is -0.143. The number of aromatic nitrogens is 1. The van der Waals surface area contributed by atoms with Crippen molar-refractivity contribution in [2.45, 2.75) is 31.2 Å². The summed E-state index contributed by atoms with van der Waals surface area (Å²) < 4.78 is 61.2. The number of hydrogen-bond donors (Lipinski definition) is 0. The van der Waals surface area contributed by atoms with Gasteiger partial charge < -0.3 is 9.30 Å². The molecule has 0 spiro atoms. The molecule has 1 fully saturated rings. The van der Waals surface area contributed by atoms with Gasteiger partial charge in [0.25, 0.3) is 5.91 Å². The number of nitrogens with zero attached hydrogens (tertiary/aromatic N) is 3. The van der Waals surface area contributed by atoms with E-state index >= 15 is 0 Å². The molecule has 12 heteroatoms. The van der Waals surface area contributed by atoms with Crippen LogP contribution in [0.5, 0.6) is 0 Å². The predicted octanol–water partition coefficient (Wildman–Crippen LogP) is 3.07. The SMILES string of the molecule is CCOC(=O)Cn1c(=NC(=O)c2ccc(S(=O)(=O)N3CCCC3)cc2)sc2cc(F)cc(F)c21. The monoisotopic (exact) mass is 509 g/mol. The molecule has 0 radical (unpaired) electrons. The van der Waals surface area contributed by atoms with Crippen LogP contribution in [0.4, 0.5) is 8.78 Å². The Morgan fingerprint density at radius 3 is 2.44 bits per heavy atom. The number of amides is 1. The fourth-order valence-corrected chi connectivity index (χ4v) is 6.28. The third-order valence-electron chi connectivity index (χ3n) is 5.29. The number of esters is 1. The average Bonchev–Trinajstić information content (AvgIpc) is 3.43. The van der Waals surface area contributed by atoms with E-state index in [0.29, 0.717) is 19.2 Å². The minimum Gasteiger partial charge on any atom is -0.465 e. The van der Waals surface area contributed by atoms with Gasteiger partial charge in [0, 0.05) is 24.7 Å². The van der Waals surface area contributed by atoms with Gasteiger partial charge in [0.05, 0.1) is 21.7 Å². The van der Waals surface area contributed by atoms with Crippen LogP contribution >= 0.6 is 11.3 Å². The number of rotatable bonds is 6. The molecule has 1 saturated heterocycles. The number of thiazole rings is 1. The molecule has 1 amide bonds. The van der Waals surface area contributed by atoms with E-state index < -0.39 is 40.1 Å². The summed E-state index contributed by atoms with van der Waals surface area (Å²) in [6, 6.07) is 7.14. The van der Waals surface area contributed by atoms with E-state index in [4.69, 9.17) is 4.74 Å². The molecule has 2 heterocycles. The van der Waals surface area contributed by atoms with Gasteiger partial charge in [0.2, 0.25) is 10.0 Å². The van der Waals surface area contributed by atoms with Gasteiger partial charge in [0.1, 0.15) is 12.4 Å². The first-order valence-electron chi connectivity index (χ1n) is 10.5. The highest BCUT2D eigenvalue weighted by molar-refractivity contribution is 7.89. The van der Waals surface area contributed by atoms with Crippen molar-refractivity contribution in [1.82, 2.24) is 8.87 Å². The summed E-state index contributed by atoms with van der Waals surface area (Å²) in [5.74, 6) is -3.10. The van der Waals surface area contributed by atoms with Gasteiger partial charge in [-0.1, -0.05) is 11.3 Å². The molecule has 2 aromatic carbocycles. The molecule has 0 saturated carbocycles. The zero-order valence-corrected chi connectivity index (χ0v) is 19.8. The standard InChI is InChI=1S/C22H21F2N3O5S2/c1-2-32-19(28)13-27-20-17(24)11-15(23)12-18(20)33-22(27)25-21(29)14-5-7-16(8-6-14)34(30,31)26-9-3-4-10-26/h5-8,11-12H,2-4,9-10,13H2,1H3. The van der Waals surface area contributed by atoms with Crippen LogP contribution in [0.2, 0.25) is 0 Å². The van der Waals surface area contributed by atoms with E-state index in [1.807, 2.05) is 0 Å². The lowest BCUT2D eigenvalue weighted by atomic mass is 10.2. The highest BCUT2D eigenvalue weighted by Crippen LogP contribution is 2.23. The molecule has 0 atom stereocenters. The van der Waals surface area contributed by atoms with Crippen molar-refractivity contribution in [1.29, 1.82) is 0 Å². The Balaban J connectivity index is 1.71. The third kappa shape index (κ3) is 4.79. The number of carbonyl (C=O) groups excluding carboxylic acids is 2. The number of fused-ring (bicyclic) bond motifs is 1. The second-order valence-electron chi connectivity index (χ2n) is 7.56. The highest BCUT2D eigenvalue weighted by Gasteiger charge is 2.27. The van der Waals surface area contributed by atoms with Crippen LogP contribution in [-0.2, 0) is 26.1 Å². The first-order valence-corrected chi connectivity index (χ1v) is 12.8. The molecule has 3 aromatic rings. The summed E-state index contributed by atoms with van der Waals surface area (Å²) in [7, 11) is -3.63. The summed E-state index contributed by atoms with van der Waals surface area (Å²) in [5, 5.41) is 0. The molecule has 0 N–H and O–H groups in total. The maximum absolute atomic E-state index is 14.5. The van der Waals surface area contributed by atoms with Crippen LogP contribution < -0.4 is 4.80 Å². The molecule has 4 rings (SSSR count). The summed E-state index contributed by atoms with van der Waals surface area (Å²) >= 11 is 0.845. The quantitative estimate of drug-likeness (QED) is 0.476. The zero-order chi connectivity index (χ0) is 24.5. The molecule has 0 bridgehead atoms. The number of sulfonamides is 1. The van der Waals surface area contributed by atoms with Crippen molar-refractivity contribution < 1.29 is 31.5 Å². The topological polar surface area (TPSA) is 98.0 Å². The third-order valence-corrected chi connectivity index (χ3v) is 8.23. The van der Waals surface area contributed by atoms with Crippen molar-refractivity contribution in [3.05, 3.63) is 58.4 Å². The van der Waals surface area contributed by atoms with Gasteiger partial charge in [-0.2, -0.15) is 9.30 Å². The number of hydrogen-bond acceptors (Lipinski definition) is 6. The first-order chi connectivity index (χ1) is 16.2. The number of benzene rings is 2. The summed E-state index contributed by atoms with van der Waals surface area (Å²) in [5.41, 5.74) is 0.0326. The summed E-state index contributed by atoms with van der Waals surface area (Å²) in [6.07, 6.45) is 1.61. The van der Waals surface area contributed by atoms with E-state index in [2.05, 4.69) is 4.99 Å². The van der Waals surface area contributed by atoms with E-state index in [1.54, 1.807) is 6.92 Å². The van der Waals surface area contributed by atoms with Crippen LogP contribution in [0.15, 0.2) is 46.3 Å². The second kappa shape index (κ2) is 9.72. The fourth-order valence-electron chi connectivity index (χ4n) is 3.70. The summed E-state index contributed by atoms with van der Waals surface area (Å²) in [6.45, 7) is 2.22. The van der Waals surface area contributed by atoms with Gasteiger partial charge >= 0.3 is 5.97 Å². The molecule has 1 aliphatic rings. The van der Waals surface area contributed by atoms with E-state index in [-0.39, 0.29) is 32.1 Å². The molecular weight excluding hydrogens is 488 g/mol. The number of halogens is 2. The average molecular weight is 510 g/mol. The molecule has 180 valence electrons. The fraction of sp³-hybridized carbons (Fsp3) is 0.318. The Labute approximate surface area is 198 Å². The lowest BCUT2D eigenvalue weighted by Crippen LogP contribution is -2.27. The van der Waals surface area contributed by atoms with Gasteiger partial charge in [-0.3, -0.25) is 9.59 Å². The minimum atomic E-state index is -3.63. The molecular formula is C22H21F2N3O5S2. The molecule has 0 unspecified atom stereocenters. The summed E-state index contributed by atoms with van der Waals surface area (Å²) in [4.78, 5) is 28.9. The Morgan fingerprint density at radius 1 is 1.12 bits per heavy atom. The van der Waals surface area contributed by atoms with Gasteiger partial charge in [-0.15, -0.1) is 0 Å². The molecule has 8 nitrogen and oxygen atoms in total. The normalized spacial score (nSPS) is 15.2. The van der Waals surface area contributed by atoms with Gasteiger partial charge in [-0.25, -0.2) is 17.2 Å². The molecule has 34 heavy (non-hydrogen) atoms. The highest BCUT2D eigenvalue weighted by atomic mass is 32.2. The molecule has 0 aliphatic carbocycles. The van der Waals surface area contributed by atoms with Gasteiger partial charge in [0.15, 0.2) is 10.6 Å². The van der Waals surface area contributed by atoms with Crippen molar-refractivity contribution in [3.8, 4) is 0 Å². The minimum absolute atomic E-state index is 0.0219. The Kier molecular flexibility index (Phi) is 6.91. The maximum Gasteiger partial charge on any atom is 0.326 e. The van der Waals surface area contributed by atoms with E-state index in [9.17, 15) is 26.8 Å². The first kappa shape index (κ1) is 24.2. The largest absolute Gasteiger partial charge is 0.465 e. The van der Waals surface area contributed by atoms with Crippen molar-refractivity contribution >= 4 is 43.5 Å².